The second kappa shape index (κ2) is 5.35. The van der Waals surface area contributed by atoms with Crippen LogP contribution in [0.15, 0.2) is 12.4 Å². The topological polar surface area (TPSA) is 90.9 Å². The number of carbonyl (C=O) groups excluding carboxylic acids is 1. The zero-order valence-electron chi connectivity index (χ0n) is 13.2. The normalized spacial score (nSPS) is 21.1. The van der Waals surface area contributed by atoms with Gasteiger partial charge in [-0.15, -0.1) is 0 Å². The molecule has 1 saturated carbocycles. The summed E-state index contributed by atoms with van der Waals surface area (Å²) in [6.45, 7) is 6.41. The standard InChI is InChI=1S/C16H22N4O2/c1-9-4-10(9)12-6-18-14-13(20-12)11(5-17-14)15(22)19-7-16(2,3)8-21/h5-6,9-10,21H,4,7-8H2,1-3H3,(H,17,18)(H,19,22)/t9-,10-/m1/s1. The van der Waals surface area contributed by atoms with Gasteiger partial charge in [0.15, 0.2) is 5.65 Å². The lowest BCUT2D eigenvalue weighted by Crippen LogP contribution is -2.36. The molecule has 1 fully saturated rings. The van der Waals surface area contributed by atoms with Gasteiger partial charge in [0.1, 0.15) is 5.52 Å². The van der Waals surface area contributed by atoms with E-state index < -0.39 is 0 Å². The van der Waals surface area contributed by atoms with Crippen molar-refractivity contribution in [1.82, 2.24) is 20.3 Å². The molecule has 2 aromatic heterocycles. The minimum absolute atomic E-state index is 0.0185. The highest BCUT2D eigenvalue weighted by molar-refractivity contribution is 6.04. The van der Waals surface area contributed by atoms with Crippen LogP contribution in [0.1, 0.15) is 49.2 Å². The maximum absolute atomic E-state index is 12.4. The van der Waals surface area contributed by atoms with Crippen molar-refractivity contribution in [3.05, 3.63) is 23.7 Å². The number of aliphatic hydroxyl groups excluding tert-OH is 1. The van der Waals surface area contributed by atoms with Gasteiger partial charge in [0, 0.05) is 30.7 Å². The molecule has 0 spiro atoms. The van der Waals surface area contributed by atoms with Gasteiger partial charge >= 0.3 is 0 Å². The SMILES string of the molecule is C[C@@H]1C[C@H]1c1cnc2[nH]cc(C(=O)NCC(C)(C)CO)c2n1. The largest absolute Gasteiger partial charge is 0.396 e. The average Bonchev–Trinajstić information content (AvgIpc) is 3.08. The number of hydrogen-bond donors (Lipinski definition) is 3. The fourth-order valence-electron chi connectivity index (χ4n) is 2.46. The van der Waals surface area contributed by atoms with Crippen molar-refractivity contribution in [2.24, 2.45) is 11.3 Å². The molecule has 0 radical (unpaired) electrons. The molecule has 3 rings (SSSR count). The van der Waals surface area contributed by atoms with E-state index in [0.29, 0.717) is 35.1 Å². The van der Waals surface area contributed by atoms with E-state index in [1.807, 2.05) is 13.8 Å². The molecule has 0 saturated heterocycles. The molecular formula is C16H22N4O2. The van der Waals surface area contributed by atoms with Crippen LogP contribution in [0.2, 0.25) is 0 Å². The minimum Gasteiger partial charge on any atom is -0.396 e. The summed E-state index contributed by atoms with van der Waals surface area (Å²) in [6, 6.07) is 0. The molecule has 118 valence electrons. The Morgan fingerprint density at radius 2 is 2.27 bits per heavy atom. The second-order valence-corrected chi connectivity index (χ2v) is 7.02. The number of nitrogens with one attached hydrogen (secondary N) is 2. The average molecular weight is 302 g/mol. The number of aromatic nitrogens is 3. The summed E-state index contributed by atoms with van der Waals surface area (Å²) < 4.78 is 0. The summed E-state index contributed by atoms with van der Waals surface area (Å²) in [5.41, 5.74) is 2.37. The number of amides is 1. The third-order valence-electron chi connectivity index (χ3n) is 4.29. The van der Waals surface area contributed by atoms with Gasteiger partial charge < -0.3 is 15.4 Å². The molecule has 3 N–H and O–H groups in total. The number of H-pyrrole nitrogens is 1. The zero-order valence-corrected chi connectivity index (χ0v) is 13.2. The summed E-state index contributed by atoms with van der Waals surface area (Å²) in [5, 5.41) is 12.1. The van der Waals surface area contributed by atoms with Crippen molar-refractivity contribution in [3.63, 3.8) is 0 Å². The molecule has 2 heterocycles. The molecule has 6 heteroatoms. The predicted octanol–water partition coefficient (Wildman–Crippen LogP) is 1.83. The first-order valence-electron chi connectivity index (χ1n) is 7.64. The lowest BCUT2D eigenvalue weighted by atomic mass is 9.95. The molecule has 0 unspecified atom stereocenters. The van der Waals surface area contributed by atoms with Crippen LogP contribution in [-0.4, -0.2) is 39.1 Å². The van der Waals surface area contributed by atoms with E-state index in [2.05, 4.69) is 27.2 Å². The third kappa shape index (κ3) is 2.83. The molecule has 2 atom stereocenters. The molecule has 0 aromatic carbocycles. The molecule has 1 aliphatic carbocycles. The summed E-state index contributed by atoms with van der Waals surface area (Å²) >= 11 is 0. The number of aliphatic hydroxyl groups is 1. The smallest absolute Gasteiger partial charge is 0.255 e. The number of rotatable bonds is 5. The predicted molar refractivity (Wildman–Crippen MR) is 83.6 cm³/mol. The van der Waals surface area contributed by atoms with E-state index in [9.17, 15) is 9.90 Å². The monoisotopic (exact) mass is 302 g/mol. The van der Waals surface area contributed by atoms with E-state index in [-0.39, 0.29) is 17.9 Å². The molecule has 0 bridgehead atoms. The Morgan fingerprint density at radius 3 is 2.91 bits per heavy atom. The Balaban J connectivity index is 1.82. The minimum atomic E-state index is -0.345. The van der Waals surface area contributed by atoms with Crippen LogP contribution in [0.5, 0.6) is 0 Å². The van der Waals surface area contributed by atoms with Gasteiger partial charge in [-0.1, -0.05) is 20.8 Å². The van der Waals surface area contributed by atoms with Crippen molar-refractivity contribution >= 4 is 17.1 Å². The van der Waals surface area contributed by atoms with Crippen LogP contribution in [0.3, 0.4) is 0 Å². The van der Waals surface area contributed by atoms with Crippen LogP contribution in [-0.2, 0) is 0 Å². The Bertz CT molecular complexity index is 707. The van der Waals surface area contributed by atoms with Crippen LogP contribution >= 0.6 is 0 Å². The fourth-order valence-corrected chi connectivity index (χ4v) is 2.46. The number of nitrogens with zero attached hydrogens (tertiary/aromatic N) is 2. The van der Waals surface area contributed by atoms with E-state index in [1.165, 1.54) is 0 Å². The first kappa shape index (κ1) is 15.0. The molecule has 1 aliphatic rings. The number of carbonyl (C=O) groups is 1. The Kier molecular flexibility index (Phi) is 3.64. The van der Waals surface area contributed by atoms with Gasteiger partial charge in [0.05, 0.1) is 17.5 Å². The van der Waals surface area contributed by atoms with Gasteiger partial charge in [0.25, 0.3) is 5.91 Å². The highest BCUT2D eigenvalue weighted by Gasteiger charge is 2.35. The van der Waals surface area contributed by atoms with E-state index in [0.717, 1.165) is 12.1 Å². The second-order valence-electron chi connectivity index (χ2n) is 7.02. The van der Waals surface area contributed by atoms with Crippen LogP contribution < -0.4 is 5.32 Å². The summed E-state index contributed by atoms with van der Waals surface area (Å²) in [4.78, 5) is 24.4. The first-order valence-corrected chi connectivity index (χ1v) is 7.64. The molecule has 0 aliphatic heterocycles. The Labute approximate surface area is 129 Å². The molecular weight excluding hydrogens is 280 g/mol. The van der Waals surface area contributed by atoms with Crippen molar-refractivity contribution in [3.8, 4) is 0 Å². The third-order valence-corrected chi connectivity index (χ3v) is 4.29. The van der Waals surface area contributed by atoms with Crippen LogP contribution in [0, 0.1) is 11.3 Å². The van der Waals surface area contributed by atoms with Gasteiger partial charge in [-0.2, -0.15) is 0 Å². The van der Waals surface area contributed by atoms with Crippen LogP contribution in [0.4, 0.5) is 0 Å². The first-order chi connectivity index (χ1) is 10.4. The fraction of sp³-hybridized carbons (Fsp3) is 0.562. The maximum Gasteiger partial charge on any atom is 0.255 e. The van der Waals surface area contributed by atoms with Crippen molar-refractivity contribution in [1.29, 1.82) is 0 Å². The maximum atomic E-state index is 12.4. The van der Waals surface area contributed by atoms with E-state index in [1.54, 1.807) is 12.4 Å². The molecule has 22 heavy (non-hydrogen) atoms. The lowest BCUT2D eigenvalue weighted by Gasteiger charge is -2.21. The quantitative estimate of drug-likeness (QED) is 0.786. The zero-order chi connectivity index (χ0) is 15.9. The van der Waals surface area contributed by atoms with Gasteiger partial charge in [-0.05, 0) is 12.3 Å². The highest BCUT2D eigenvalue weighted by Crippen LogP contribution is 2.46. The van der Waals surface area contributed by atoms with E-state index in [4.69, 9.17) is 0 Å². The molecule has 6 nitrogen and oxygen atoms in total. The summed E-state index contributed by atoms with van der Waals surface area (Å²) in [7, 11) is 0. The number of aromatic amines is 1. The summed E-state index contributed by atoms with van der Waals surface area (Å²) in [6.07, 6.45) is 4.58. The van der Waals surface area contributed by atoms with Crippen molar-refractivity contribution in [2.45, 2.75) is 33.1 Å². The highest BCUT2D eigenvalue weighted by atomic mass is 16.3. The van der Waals surface area contributed by atoms with Crippen molar-refractivity contribution < 1.29 is 9.90 Å². The Morgan fingerprint density at radius 1 is 1.55 bits per heavy atom. The Hall–Kier alpha value is -1.95. The summed E-state index contributed by atoms with van der Waals surface area (Å²) in [5.74, 6) is 0.924. The van der Waals surface area contributed by atoms with E-state index >= 15 is 0 Å². The lowest BCUT2D eigenvalue weighted by molar-refractivity contribution is 0.0912. The van der Waals surface area contributed by atoms with Gasteiger partial charge in [0.2, 0.25) is 0 Å². The van der Waals surface area contributed by atoms with Gasteiger partial charge in [-0.25, -0.2) is 9.97 Å². The van der Waals surface area contributed by atoms with Gasteiger partial charge in [-0.3, -0.25) is 4.79 Å². The number of fused-ring (bicyclic) bond motifs is 1. The number of hydrogen-bond acceptors (Lipinski definition) is 4. The molecule has 1 amide bonds. The van der Waals surface area contributed by atoms with Crippen LogP contribution in [0.25, 0.3) is 11.2 Å². The van der Waals surface area contributed by atoms with Crippen molar-refractivity contribution in [2.75, 3.05) is 13.2 Å². The molecule has 2 aromatic rings.